The van der Waals surface area contributed by atoms with Crippen molar-refractivity contribution in [3.05, 3.63) is 54.4 Å². The second kappa shape index (κ2) is 8.65. The van der Waals surface area contributed by atoms with E-state index in [0.29, 0.717) is 39.0 Å². The Kier molecular flexibility index (Phi) is 6.04. The largest absolute Gasteiger partial charge is 0.340 e. The molecule has 0 N–H and O–H groups in total. The molecule has 0 bridgehead atoms. The molecule has 3 rings (SSSR count). The van der Waals surface area contributed by atoms with E-state index in [2.05, 4.69) is 12.0 Å². The summed E-state index contributed by atoms with van der Waals surface area (Å²) in [6.07, 6.45) is 5.20. The molecule has 0 aliphatic carbocycles. The van der Waals surface area contributed by atoms with Crippen molar-refractivity contribution in [1.29, 1.82) is 0 Å². The second-order valence-electron chi connectivity index (χ2n) is 6.68. The highest BCUT2D eigenvalue weighted by molar-refractivity contribution is 5.80. The molecular weight excluding hydrogens is 328 g/mol. The first-order chi connectivity index (χ1) is 12.7. The molecule has 0 radical (unpaired) electrons. The number of benzene rings is 1. The standard InChI is InChI=1S/C20H26N4O2/c1-2-18-16-22(19(25)10-14-23-12-6-11-21-23)13-9-20(26)24(18)15-17-7-4-3-5-8-17/h3-8,11-12,18H,2,9-10,13-16H2,1H3/t18-/m0/s1. The molecule has 1 aromatic carbocycles. The highest BCUT2D eigenvalue weighted by atomic mass is 16.2. The molecule has 1 aliphatic rings. The summed E-state index contributed by atoms with van der Waals surface area (Å²) >= 11 is 0. The minimum atomic E-state index is 0.0545. The number of rotatable bonds is 6. The van der Waals surface area contributed by atoms with Gasteiger partial charge >= 0.3 is 0 Å². The Morgan fingerprint density at radius 3 is 2.73 bits per heavy atom. The van der Waals surface area contributed by atoms with Crippen LogP contribution in [-0.2, 0) is 22.7 Å². The van der Waals surface area contributed by atoms with E-state index in [1.54, 1.807) is 10.9 Å². The monoisotopic (exact) mass is 354 g/mol. The van der Waals surface area contributed by atoms with Gasteiger partial charge in [0.2, 0.25) is 11.8 Å². The van der Waals surface area contributed by atoms with Crippen molar-refractivity contribution in [2.75, 3.05) is 13.1 Å². The van der Waals surface area contributed by atoms with E-state index in [1.165, 1.54) is 0 Å². The van der Waals surface area contributed by atoms with E-state index in [1.807, 2.05) is 52.4 Å². The minimum absolute atomic E-state index is 0.0545. The molecule has 1 fully saturated rings. The van der Waals surface area contributed by atoms with E-state index in [-0.39, 0.29) is 17.9 Å². The molecule has 1 atom stereocenters. The molecule has 0 unspecified atom stereocenters. The van der Waals surface area contributed by atoms with Crippen molar-refractivity contribution in [1.82, 2.24) is 19.6 Å². The Morgan fingerprint density at radius 1 is 1.23 bits per heavy atom. The summed E-state index contributed by atoms with van der Waals surface area (Å²) in [4.78, 5) is 29.1. The summed E-state index contributed by atoms with van der Waals surface area (Å²) in [5.74, 6) is 0.219. The topological polar surface area (TPSA) is 58.4 Å². The molecule has 1 aromatic heterocycles. The van der Waals surface area contributed by atoms with E-state index in [0.717, 1.165) is 12.0 Å². The van der Waals surface area contributed by atoms with Crippen molar-refractivity contribution < 1.29 is 9.59 Å². The zero-order chi connectivity index (χ0) is 18.4. The third-order valence-electron chi connectivity index (χ3n) is 4.92. The number of amides is 2. The highest BCUT2D eigenvalue weighted by Gasteiger charge is 2.30. The molecule has 138 valence electrons. The van der Waals surface area contributed by atoms with Crippen LogP contribution >= 0.6 is 0 Å². The van der Waals surface area contributed by atoms with Crippen LogP contribution in [0.3, 0.4) is 0 Å². The van der Waals surface area contributed by atoms with E-state index >= 15 is 0 Å². The zero-order valence-corrected chi connectivity index (χ0v) is 15.3. The summed E-state index contributed by atoms with van der Waals surface area (Å²) < 4.78 is 1.76. The van der Waals surface area contributed by atoms with Gasteiger partial charge in [0.15, 0.2) is 0 Å². The summed E-state index contributed by atoms with van der Waals surface area (Å²) in [7, 11) is 0. The van der Waals surface area contributed by atoms with Gasteiger partial charge < -0.3 is 9.80 Å². The molecule has 6 nitrogen and oxygen atoms in total. The molecule has 26 heavy (non-hydrogen) atoms. The lowest BCUT2D eigenvalue weighted by atomic mass is 10.1. The first kappa shape index (κ1) is 18.2. The first-order valence-corrected chi connectivity index (χ1v) is 9.26. The third-order valence-corrected chi connectivity index (χ3v) is 4.92. The van der Waals surface area contributed by atoms with Gasteiger partial charge in [-0.05, 0) is 18.1 Å². The van der Waals surface area contributed by atoms with E-state index in [9.17, 15) is 9.59 Å². The quantitative estimate of drug-likeness (QED) is 0.800. The Bertz CT molecular complexity index is 715. The minimum Gasteiger partial charge on any atom is -0.340 e. The van der Waals surface area contributed by atoms with Gasteiger partial charge in [0.1, 0.15) is 0 Å². The average Bonchev–Trinajstić information content (AvgIpc) is 3.13. The molecule has 2 aromatic rings. The van der Waals surface area contributed by atoms with E-state index in [4.69, 9.17) is 0 Å². The zero-order valence-electron chi connectivity index (χ0n) is 15.3. The summed E-state index contributed by atoms with van der Waals surface area (Å²) in [6, 6.07) is 11.9. The molecule has 0 spiro atoms. The van der Waals surface area contributed by atoms with Crippen LogP contribution in [0.25, 0.3) is 0 Å². The maximum atomic E-state index is 12.7. The fourth-order valence-electron chi connectivity index (χ4n) is 3.40. The van der Waals surface area contributed by atoms with Gasteiger partial charge in [-0.2, -0.15) is 5.10 Å². The van der Waals surface area contributed by atoms with Gasteiger partial charge in [-0.15, -0.1) is 0 Å². The summed E-state index contributed by atoms with van der Waals surface area (Å²) in [6.45, 7) is 4.35. The lowest BCUT2D eigenvalue weighted by molar-refractivity contribution is -0.133. The van der Waals surface area contributed by atoms with Gasteiger partial charge in [-0.25, -0.2) is 0 Å². The summed E-state index contributed by atoms with van der Waals surface area (Å²) in [5.41, 5.74) is 1.12. The molecule has 6 heteroatoms. The van der Waals surface area contributed by atoms with Gasteiger partial charge in [-0.3, -0.25) is 14.3 Å². The number of carbonyl (C=O) groups excluding carboxylic acids is 2. The van der Waals surface area contributed by atoms with Crippen molar-refractivity contribution >= 4 is 11.8 Å². The van der Waals surface area contributed by atoms with Crippen LogP contribution in [0.1, 0.15) is 31.7 Å². The summed E-state index contributed by atoms with van der Waals surface area (Å²) in [5, 5.41) is 4.14. The van der Waals surface area contributed by atoms with Gasteiger partial charge in [0.25, 0.3) is 0 Å². The predicted octanol–water partition coefficient (Wildman–Crippen LogP) is 2.31. The van der Waals surface area contributed by atoms with Crippen LogP contribution in [0.15, 0.2) is 48.8 Å². The highest BCUT2D eigenvalue weighted by Crippen LogP contribution is 2.18. The predicted molar refractivity (Wildman–Crippen MR) is 99.1 cm³/mol. The van der Waals surface area contributed by atoms with Crippen LogP contribution in [0, 0.1) is 0 Å². The number of carbonyl (C=O) groups is 2. The fourth-order valence-corrected chi connectivity index (χ4v) is 3.40. The van der Waals surface area contributed by atoms with Crippen molar-refractivity contribution in [2.24, 2.45) is 0 Å². The number of aromatic nitrogens is 2. The van der Waals surface area contributed by atoms with Crippen LogP contribution in [0.2, 0.25) is 0 Å². The SMILES string of the molecule is CC[C@H]1CN(C(=O)CCn2cccn2)CCC(=O)N1Cc1ccccc1. The molecule has 2 amide bonds. The molecule has 1 saturated heterocycles. The number of aryl methyl sites for hydroxylation is 1. The lowest BCUT2D eigenvalue weighted by Crippen LogP contribution is -2.43. The normalized spacial score (nSPS) is 18.0. The van der Waals surface area contributed by atoms with Crippen LogP contribution < -0.4 is 0 Å². The average molecular weight is 354 g/mol. The maximum absolute atomic E-state index is 12.7. The van der Waals surface area contributed by atoms with Gasteiger partial charge in [0, 0.05) is 57.5 Å². The molecular formula is C20H26N4O2. The smallest absolute Gasteiger partial charge is 0.224 e. The molecule has 1 aliphatic heterocycles. The Labute approximate surface area is 154 Å². The van der Waals surface area contributed by atoms with Crippen molar-refractivity contribution in [2.45, 2.75) is 45.3 Å². The second-order valence-corrected chi connectivity index (χ2v) is 6.68. The number of hydrogen-bond acceptors (Lipinski definition) is 3. The fraction of sp³-hybridized carbons (Fsp3) is 0.450. The third kappa shape index (κ3) is 4.50. The Hall–Kier alpha value is -2.63. The van der Waals surface area contributed by atoms with Crippen molar-refractivity contribution in [3.63, 3.8) is 0 Å². The molecule has 2 heterocycles. The maximum Gasteiger partial charge on any atom is 0.224 e. The lowest BCUT2D eigenvalue weighted by Gasteiger charge is -2.31. The van der Waals surface area contributed by atoms with Crippen LogP contribution in [-0.4, -0.2) is 50.5 Å². The van der Waals surface area contributed by atoms with Gasteiger partial charge in [-0.1, -0.05) is 37.3 Å². The van der Waals surface area contributed by atoms with Gasteiger partial charge in [0.05, 0.1) is 0 Å². The Balaban J connectivity index is 1.64. The van der Waals surface area contributed by atoms with Crippen molar-refractivity contribution in [3.8, 4) is 0 Å². The van der Waals surface area contributed by atoms with Crippen LogP contribution in [0.5, 0.6) is 0 Å². The molecule has 0 saturated carbocycles. The number of nitrogens with zero attached hydrogens (tertiary/aromatic N) is 4. The van der Waals surface area contributed by atoms with E-state index < -0.39 is 0 Å². The number of hydrogen-bond donors (Lipinski definition) is 0. The Morgan fingerprint density at radius 2 is 2.04 bits per heavy atom. The van der Waals surface area contributed by atoms with Crippen LogP contribution in [0.4, 0.5) is 0 Å². The first-order valence-electron chi connectivity index (χ1n) is 9.26.